The molecule has 6 nitrogen and oxygen atoms in total. The first-order chi connectivity index (χ1) is 14.1. The number of imidazole rings is 2. The van der Waals surface area contributed by atoms with Gasteiger partial charge in [0.05, 0.1) is 11.0 Å². The number of H-pyrrole nitrogens is 1. The molecular weight excluding hydrogens is 386 g/mol. The Morgan fingerprint density at radius 1 is 1.07 bits per heavy atom. The molecule has 7 heteroatoms. The molecule has 0 spiro atoms. The van der Waals surface area contributed by atoms with Gasteiger partial charge in [-0.15, -0.1) is 0 Å². The molecule has 0 saturated heterocycles. The zero-order valence-corrected chi connectivity index (χ0v) is 16.2. The van der Waals surface area contributed by atoms with E-state index in [1.165, 1.54) is 0 Å². The number of nitrogens with zero attached hydrogens (tertiary/aromatic N) is 3. The fourth-order valence-electron chi connectivity index (χ4n) is 3.33. The van der Waals surface area contributed by atoms with Crippen molar-refractivity contribution >= 4 is 40.1 Å². The topological polar surface area (TPSA) is 75.1 Å². The number of amides is 1. The Balaban J connectivity index is 1.43. The summed E-state index contributed by atoms with van der Waals surface area (Å²) in [5.74, 6) is 0.0668. The number of aromatic nitrogens is 4. The van der Waals surface area contributed by atoms with Crippen LogP contribution in [0.4, 0.5) is 5.95 Å². The molecule has 5 rings (SSSR count). The van der Waals surface area contributed by atoms with Crippen LogP contribution in [-0.2, 0) is 0 Å². The largest absolute Gasteiger partial charge is 0.324 e. The standard InChI is InChI=1S/C22H16ClN5O/c1-13-3-2-10-28-12-19(24-20(13)28)21(29)27-22-25-17-9-6-15(11-18(17)26-22)14-4-7-16(23)8-5-14/h2-12H,1H3,(H2,25,26,27,29). The van der Waals surface area contributed by atoms with Crippen LogP contribution in [0.1, 0.15) is 16.1 Å². The molecule has 142 valence electrons. The van der Waals surface area contributed by atoms with Gasteiger partial charge in [-0.05, 0) is 53.9 Å². The van der Waals surface area contributed by atoms with Crippen LogP contribution in [-0.4, -0.2) is 25.3 Å². The lowest BCUT2D eigenvalue weighted by molar-refractivity contribution is 0.102. The first-order valence-electron chi connectivity index (χ1n) is 9.08. The number of aryl methyl sites for hydroxylation is 1. The van der Waals surface area contributed by atoms with Gasteiger partial charge in [-0.25, -0.2) is 9.97 Å². The number of carbonyl (C=O) groups excluding carboxylic acids is 1. The van der Waals surface area contributed by atoms with Crippen molar-refractivity contribution in [2.45, 2.75) is 6.92 Å². The SMILES string of the molecule is Cc1cccn2cc(C(=O)Nc3nc4ccc(-c5ccc(Cl)cc5)cc4[nH]3)nc12. The van der Waals surface area contributed by atoms with Gasteiger partial charge in [0.2, 0.25) is 5.95 Å². The van der Waals surface area contributed by atoms with E-state index in [1.54, 1.807) is 6.20 Å². The Kier molecular flexibility index (Phi) is 4.07. The maximum absolute atomic E-state index is 12.6. The number of hydrogen-bond acceptors (Lipinski definition) is 3. The number of benzene rings is 2. The van der Waals surface area contributed by atoms with E-state index in [9.17, 15) is 4.79 Å². The minimum Gasteiger partial charge on any atom is -0.324 e. The van der Waals surface area contributed by atoms with Crippen molar-refractivity contribution in [1.29, 1.82) is 0 Å². The molecule has 0 atom stereocenters. The van der Waals surface area contributed by atoms with Crippen molar-refractivity contribution in [2.75, 3.05) is 5.32 Å². The molecule has 0 saturated carbocycles. The van der Waals surface area contributed by atoms with Crippen LogP contribution < -0.4 is 5.32 Å². The number of hydrogen-bond donors (Lipinski definition) is 2. The van der Waals surface area contributed by atoms with E-state index in [1.807, 2.05) is 72.1 Å². The number of pyridine rings is 1. The molecule has 0 aliphatic carbocycles. The highest BCUT2D eigenvalue weighted by Gasteiger charge is 2.14. The molecule has 0 unspecified atom stereocenters. The smallest absolute Gasteiger partial charge is 0.278 e. The predicted molar refractivity (Wildman–Crippen MR) is 114 cm³/mol. The van der Waals surface area contributed by atoms with Gasteiger partial charge >= 0.3 is 0 Å². The van der Waals surface area contributed by atoms with Gasteiger partial charge < -0.3 is 9.38 Å². The quantitative estimate of drug-likeness (QED) is 0.442. The number of halogens is 1. The van der Waals surface area contributed by atoms with Gasteiger partial charge in [0, 0.05) is 17.4 Å². The first kappa shape index (κ1) is 17.5. The third kappa shape index (κ3) is 3.23. The second kappa shape index (κ2) is 6.76. The molecule has 29 heavy (non-hydrogen) atoms. The lowest BCUT2D eigenvalue weighted by Crippen LogP contribution is -2.13. The van der Waals surface area contributed by atoms with Crippen LogP contribution in [0.2, 0.25) is 5.02 Å². The summed E-state index contributed by atoms with van der Waals surface area (Å²) in [4.78, 5) is 24.7. The molecule has 0 bridgehead atoms. The molecule has 5 aromatic rings. The van der Waals surface area contributed by atoms with E-state index in [2.05, 4.69) is 20.3 Å². The van der Waals surface area contributed by atoms with E-state index < -0.39 is 0 Å². The first-order valence-corrected chi connectivity index (χ1v) is 9.46. The summed E-state index contributed by atoms with van der Waals surface area (Å²) in [5, 5.41) is 3.49. The van der Waals surface area contributed by atoms with E-state index in [0.29, 0.717) is 16.7 Å². The number of carbonyl (C=O) groups is 1. The molecule has 0 radical (unpaired) electrons. The van der Waals surface area contributed by atoms with Crippen molar-refractivity contribution in [3.8, 4) is 11.1 Å². The minimum atomic E-state index is -0.315. The Morgan fingerprint density at radius 3 is 2.66 bits per heavy atom. The van der Waals surface area contributed by atoms with Gasteiger partial charge in [-0.3, -0.25) is 10.1 Å². The van der Waals surface area contributed by atoms with E-state index in [4.69, 9.17) is 11.6 Å². The number of fused-ring (bicyclic) bond motifs is 2. The number of anilines is 1. The van der Waals surface area contributed by atoms with Crippen LogP contribution in [0.15, 0.2) is 67.0 Å². The molecule has 1 amide bonds. The lowest BCUT2D eigenvalue weighted by Gasteiger charge is -2.01. The highest BCUT2D eigenvalue weighted by molar-refractivity contribution is 6.30. The van der Waals surface area contributed by atoms with Crippen LogP contribution in [0.5, 0.6) is 0 Å². The summed E-state index contributed by atoms with van der Waals surface area (Å²) in [6.45, 7) is 1.96. The third-order valence-electron chi connectivity index (χ3n) is 4.80. The average Bonchev–Trinajstić information content (AvgIpc) is 3.32. The molecule has 0 fully saturated rings. The summed E-state index contributed by atoms with van der Waals surface area (Å²) < 4.78 is 1.83. The second-order valence-corrected chi connectivity index (χ2v) is 7.26. The van der Waals surface area contributed by atoms with Crippen LogP contribution in [0.3, 0.4) is 0 Å². The Hall–Kier alpha value is -3.64. The van der Waals surface area contributed by atoms with Crippen molar-refractivity contribution in [3.05, 3.63) is 83.3 Å². The molecule has 2 aromatic carbocycles. The molecule has 2 N–H and O–H groups in total. The summed E-state index contributed by atoms with van der Waals surface area (Å²) >= 11 is 5.97. The fraction of sp³-hybridized carbons (Fsp3) is 0.0455. The van der Waals surface area contributed by atoms with Crippen LogP contribution in [0, 0.1) is 6.92 Å². The van der Waals surface area contributed by atoms with Gasteiger partial charge in [-0.1, -0.05) is 35.9 Å². The third-order valence-corrected chi connectivity index (χ3v) is 5.05. The number of aromatic amines is 1. The molecule has 3 heterocycles. The summed E-state index contributed by atoms with van der Waals surface area (Å²) in [6.07, 6.45) is 3.57. The predicted octanol–water partition coefficient (Wildman–Crippen LogP) is 5.09. The van der Waals surface area contributed by atoms with Gasteiger partial charge in [-0.2, -0.15) is 0 Å². The summed E-state index contributed by atoms with van der Waals surface area (Å²) in [5.41, 5.74) is 5.78. The van der Waals surface area contributed by atoms with Crippen molar-refractivity contribution in [3.63, 3.8) is 0 Å². The van der Waals surface area contributed by atoms with Crippen molar-refractivity contribution < 1.29 is 4.79 Å². The van der Waals surface area contributed by atoms with Gasteiger partial charge in [0.1, 0.15) is 11.3 Å². The van der Waals surface area contributed by atoms with Crippen LogP contribution in [0.25, 0.3) is 27.8 Å². The highest BCUT2D eigenvalue weighted by atomic mass is 35.5. The molecular formula is C22H16ClN5O. The monoisotopic (exact) mass is 401 g/mol. The van der Waals surface area contributed by atoms with Gasteiger partial charge in [0.25, 0.3) is 5.91 Å². The molecule has 3 aromatic heterocycles. The van der Waals surface area contributed by atoms with E-state index in [-0.39, 0.29) is 5.91 Å². The fourth-order valence-corrected chi connectivity index (χ4v) is 3.45. The molecule has 0 aliphatic rings. The normalized spacial score (nSPS) is 11.2. The maximum Gasteiger partial charge on any atom is 0.278 e. The number of rotatable bonds is 3. The molecule has 0 aliphatic heterocycles. The number of nitrogens with one attached hydrogen (secondary N) is 2. The zero-order valence-electron chi connectivity index (χ0n) is 15.5. The van der Waals surface area contributed by atoms with Crippen molar-refractivity contribution in [2.24, 2.45) is 0 Å². The van der Waals surface area contributed by atoms with Gasteiger partial charge in [0.15, 0.2) is 0 Å². The second-order valence-electron chi connectivity index (χ2n) is 6.83. The summed E-state index contributed by atoms with van der Waals surface area (Å²) in [6, 6.07) is 17.4. The van der Waals surface area contributed by atoms with Crippen LogP contribution >= 0.6 is 11.6 Å². The minimum absolute atomic E-state index is 0.315. The zero-order chi connectivity index (χ0) is 20.0. The summed E-state index contributed by atoms with van der Waals surface area (Å²) in [7, 11) is 0. The maximum atomic E-state index is 12.6. The Morgan fingerprint density at radius 2 is 1.86 bits per heavy atom. The van der Waals surface area contributed by atoms with E-state index >= 15 is 0 Å². The lowest BCUT2D eigenvalue weighted by atomic mass is 10.1. The Labute approximate surface area is 171 Å². The average molecular weight is 402 g/mol. The Bertz CT molecular complexity index is 1370. The van der Waals surface area contributed by atoms with Crippen molar-refractivity contribution in [1.82, 2.24) is 19.4 Å². The van der Waals surface area contributed by atoms with E-state index in [0.717, 1.165) is 33.4 Å². The highest BCUT2D eigenvalue weighted by Crippen LogP contribution is 2.25.